The normalized spacial score (nSPS) is 22.3. The summed E-state index contributed by atoms with van der Waals surface area (Å²) in [6.07, 6.45) is 1.13. The van der Waals surface area contributed by atoms with E-state index in [9.17, 15) is 9.59 Å². The van der Waals surface area contributed by atoms with Crippen molar-refractivity contribution in [3.63, 3.8) is 0 Å². The van der Waals surface area contributed by atoms with E-state index < -0.39 is 0 Å². The molecule has 0 N–H and O–H groups in total. The topological polar surface area (TPSA) is 40.6 Å². The van der Waals surface area contributed by atoms with Crippen LogP contribution in [0.25, 0.3) is 5.57 Å². The van der Waals surface area contributed by atoms with Gasteiger partial charge in [0.05, 0.1) is 11.3 Å². The van der Waals surface area contributed by atoms with Crippen LogP contribution < -0.4 is 4.90 Å². The van der Waals surface area contributed by atoms with Gasteiger partial charge in [-0.3, -0.25) is 9.59 Å². The molecule has 1 saturated heterocycles. The highest BCUT2D eigenvalue weighted by Crippen LogP contribution is 2.38. The molecule has 0 aromatic heterocycles. The van der Waals surface area contributed by atoms with Gasteiger partial charge in [-0.1, -0.05) is 55.3 Å². The van der Waals surface area contributed by atoms with E-state index in [2.05, 4.69) is 18.7 Å². The molecule has 30 heavy (non-hydrogen) atoms. The molecule has 0 spiro atoms. The number of rotatable bonds is 3. The monoisotopic (exact) mass is 422 g/mol. The third-order valence-corrected chi connectivity index (χ3v) is 6.22. The number of halogens is 1. The first-order chi connectivity index (χ1) is 14.3. The molecule has 2 aromatic carbocycles. The van der Waals surface area contributed by atoms with Crippen LogP contribution in [-0.2, 0) is 9.59 Å². The maximum absolute atomic E-state index is 13.7. The van der Waals surface area contributed by atoms with Crippen molar-refractivity contribution >= 4 is 34.7 Å². The third-order valence-electron chi connectivity index (χ3n) is 5.97. The van der Waals surface area contributed by atoms with E-state index in [0.29, 0.717) is 33.8 Å². The van der Waals surface area contributed by atoms with Gasteiger partial charge in [0.25, 0.3) is 11.8 Å². The Morgan fingerprint density at radius 3 is 2.13 bits per heavy atom. The second kappa shape index (κ2) is 7.92. The molecular weight excluding hydrogens is 396 g/mol. The lowest BCUT2D eigenvalue weighted by Gasteiger charge is -2.37. The quantitative estimate of drug-likeness (QED) is 0.637. The molecule has 4 rings (SSSR count). The van der Waals surface area contributed by atoms with Crippen LogP contribution in [0, 0.1) is 25.7 Å². The Kier molecular flexibility index (Phi) is 5.46. The van der Waals surface area contributed by atoms with Crippen LogP contribution >= 0.6 is 11.6 Å². The van der Waals surface area contributed by atoms with Gasteiger partial charge < -0.3 is 4.90 Å². The molecule has 2 aliphatic heterocycles. The number of aryl methyl sites for hydroxylation is 2. The molecule has 0 bridgehead atoms. The number of anilines is 1. The van der Waals surface area contributed by atoms with Gasteiger partial charge in [0.15, 0.2) is 0 Å². The fraction of sp³-hybridized carbons (Fsp3) is 0.360. The van der Waals surface area contributed by atoms with E-state index >= 15 is 0 Å². The number of hydrogen-bond acceptors (Lipinski definition) is 3. The van der Waals surface area contributed by atoms with Crippen LogP contribution in [0.4, 0.5) is 5.69 Å². The van der Waals surface area contributed by atoms with E-state index in [4.69, 9.17) is 11.6 Å². The molecule has 5 heteroatoms. The molecule has 2 amide bonds. The van der Waals surface area contributed by atoms with Gasteiger partial charge in [0.1, 0.15) is 5.70 Å². The van der Waals surface area contributed by atoms with Gasteiger partial charge in [0, 0.05) is 18.1 Å². The van der Waals surface area contributed by atoms with Crippen LogP contribution in [0.5, 0.6) is 0 Å². The molecule has 0 radical (unpaired) electrons. The second-order valence-corrected chi connectivity index (χ2v) is 9.25. The molecule has 156 valence electrons. The van der Waals surface area contributed by atoms with Crippen molar-refractivity contribution in [2.75, 3.05) is 18.0 Å². The van der Waals surface area contributed by atoms with Gasteiger partial charge in [-0.25, -0.2) is 4.90 Å². The van der Waals surface area contributed by atoms with E-state index in [1.54, 1.807) is 12.1 Å². The van der Waals surface area contributed by atoms with E-state index in [0.717, 1.165) is 36.2 Å². The second-order valence-electron chi connectivity index (χ2n) is 8.82. The summed E-state index contributed by atoms with van der Waals surface area (Å²) in [5.41, 5.74) is 4.37. The smallest absolute Gasteiger partial charge is 0.282 e. The summed E-state index contributed by atoms with van der Waals surface area (Å²) in [6.45, 7) is 9.90. The molecule has 2 atom stereocenters. The summed E-state index contributed by atoms with van der Waals surface area (Å²) in [6, 6.07) is 13.0. The number of hydrogen-bond donors (Lipinski definition) is 0. The Labute approximate surface area is 183 Å². The number of carbonyl (C=O) groups is 2. The number of carbonyl (C=O) groups excluding carboxylic acids is 2. The van der Waals surface area contributed by atoms with Gasteiger partial charge in [-0.15, -0.1) is 0 Å². The minimum Gasteiger partial charge on any atom is -0.366 e. The standard InChI is InChI=1S/C25H27ClN2O2/c1-15-5-10-21(18(4)12-15)28-24(29)22(19-6-8-20(26)9-7-19)23(25(28)30)27-13-16(2)11-17(3)14-27/h5-10,12,16-17H,11,13-14H2,1-4H3. The van der Waals surface area contributed by atoms with Crippen LogP contribution in [0.2, 0.25) is 5.02 Å². The lowest BCUT2D eigenvalue weighted by molar-refractivity contribution is -0.120. The number of imide groups is 1. The fourth-order valence-electron chi connectivity index (χ4n) is 4.81. The zero-order valence-electron chi connectivity index (χ0n) is 17.9. The Morgan fingerprint density at radius 1 is 0.900 bits per heavy atom. The zero-order valence-corrected chi connectivity index (χ0v) is 18.7. The lowest BCUT2D eigenvalue weighted by atomic mass is 9.91. The van der Waals surface area contributed by atoms with E-state index in [1.807, 2.05) is 44.2 Å². The number of benzene rings is 2. The van der Waals surface area contributed by atoms with Crippen LogP contribution in [-0.4, -0.2) is 29.8 Å². The van der Waals surface area contributed by atoms with Crippen molar-refractivity contribution in [3.05, 3.63) is 69.9 Å². The van der Waals surface area contributed by atoms with Crippen molar-refractivity contribution in [2.45, 2.75) is 34.1 Å². The van der Waals surface area contributed by atoms with Gasteiger partial charge in [-0.2, -0.15) is 0 Å². The first-order valence-electron chi connectivity index (χ1n) is 10.5. The van der Waals surface area contributed by atoms with Gasteiger partial charge in [-0.05, 0) is 61.4 Å². The average Bonchev–Trinajstić information content (AvgIpc) is 2.92. The predicted molar refractivity (Wildman–Crippen MR) is 121 cm³/mol. The predicted octanol–water partition coefficient (Wildman–Crippen LogP) is 5.22. The maximum atomic E-state index is 13.7. The Bertz CT molecular complexity index is 1030. The molecule has 4 nitrogen and oxygen atoms in total. The van der Waals surface area contributed by atoms with Crippen LogP contribution in [0.15, 0.2) is 48.2 Å². The Morgan fingerprint density at radius 2 is 1.53 bits per heavy atom. The SMILES string of the molecule is Cc1ccc(N2C(=O)C(c3ccc(Cl)cc3)=C(N3CC(C)CC(C)C3)C2=O)c(C)c1. The minimum absolute atomic E-state index is 0.238. The Balaban J connectivity index is 1.85. The van der Waals surface area contributed by atoms with Crippen molar-refractivity contribution in [1.29, 1.82) is 0 Å². The van der Waals surface area contributed by atoms with Gasteiger partial charge in [0.2, 0.25) is 0 Å². The van der Waals surface area contributed by atoms with Crippen molar-refractivity contribution in [3.8, 4) is 0 Å². The Hall–Kier alpha value is -2.59. The number of amides is 2. The number of piperidine rings is 1. The maximum Gasteiger partial charge on any atom is 0.282 e. The first-order valence-corrected chi connectivity index (χ1v) is 10.8. The summed E-state index contributed by atoms with van der Waals surface area (Å²) in [7, 11) is 0. The molecule has 0 saturated carbocycles. The fourth-order valence-corrected chi connectivity index (χ4v) is 4.93. The average molecular weight is 423 g/mol. The highest BCUT2D eigenvalue weighted by Gasteiger charge is 2.44. The van der Waals surface area contributed by atoms with Crippen molar-refractivity contribution in [1.82, 2.24) is 4.90 Å². The summed E-state index contributed by atoms with van der Waals surface area (Å²) in [5, 5.41) is 0.601. The van der Waals surface area contributed by atoms with E-state index in [1.165, 1.54) is 4.90 Å². The highest BCUT2D eigenvalue weighted by molar-refractivity contribution is 6.45. The molecule has 2 aliphatic rings. The third kappa shape index (κ3) is 3.65. The van der Waals surface area contributed by atoms with Gasteiger partial charge >= 0.3 is 0 Å². The lowest BCUT2D eigenvalue weighted by Crippen LogP contribution is -2.42. The first kappa shape index (κ1) is 20.7. The van der Waals surface area contributed by atoms with Crippen LogP contribution in [0.3, 0.4) is 0 Å². The highest BCUT2D eigenvalue weighted by atomic mass is 35.5. The molecule has 2 aromatic rings. The molecule has 2 unspecified atom stereocenters. The van der Waals surface area contributed by atoms with E-state index in [-0.39, 0.29) is 11.8 Å². The summed E-state index contributed by atoms with van der Waals surface area (Å²) >= 11 is 6.08. The number of nitrogens with zero attached hydrogens (tertiary/aromatic N) is 2. The summed E-state index contributed by atoms with van der Waals surface area (Å²) < 4.78 is 0. The summed E-state index contributed by atoms with van der Waals surface area (Å²) in [4.78, 5) is 30.8. The minimum atomic E-state index is -0.268. The summed E-state index contributed by atoms with van der Waals surface area (Å²) in [5.74, 6) is 0.421. The molecule has 2 heterocycles. The largest absolute Gasteiger partial charge is 0.366 e. The molecule has 0 aliphatic carbocycles. The van der Waals surface area contributed by atoms with Crippen LogP contribution in [0.1, 0.15) is 37.0 Å². The number of likely N-dealkylation sites (tertiary alicyclic amines) is 1. The molecule has 1 fully saturated rings. The van der Waals surface area contributed by atoms with Crippen molar-refractivity contribution < 1.29 is 9.59 Å². The zero-order chi connectivity index (χ0) is 21.6. The van der Waals surface area contributed by atoms with Crippen molar-refractivity contribution in [2.24, 2.45) is 11.8 Å². The molecular formula is C25H27ClN2O2.